The van der Waals surface area contributed by atoms with Crippen molar-refractivity contribution >= 4 is 11.6 Å². The highest BCUT2D eigenvalue weighted by Gasteiger charge is 2.25. The molecule has 0 radical (unpaired) electrons. The van der Waals surface area contributed by atoms with Gasteiger partial charge in [0.05, 0.1) is 0 Å². The molecule has 3 N–H and O–H groups in total. The molecule has 5 nitrogen and oxygen atoms in total. The number of piperazine rings is 1. The van der Waals surface area contributed by atoms with Crippen molar-refractivity contribution in [1.29, 1.82) is 0 Å². The van der Waals surface area contributed by atoms with Crippen LogP contribution in [0.1, 0.15) is 24.2 Å². The van der Waals surface area contributed by atoms with Gasteiger partial charge in [-0.3, -0.25) is 9.69 Å². The van der Waals surface area contributed by atoms with Crippen molar-refractivity contribution in [3.63, 3.8) is 0 Å². The molecule has 1 heterocycles. The van der Waals surface area contributed by atoms with Crippen LogP contribution in [-0.4, -0.2) is 61.5 Å². The molecule has 2 rings (SSSR count). The van der Waals surface area contributed by atoms with Gasteiger partial charge in [-0.2, -0.15) is 0 Å². The van der Waals surface area contributed by atoms with Crippen molar-refractivity contribution in [2.24, 2.45) is 5.92 Å². The molecule has 0 aromatic heterocycles. The molecule has 1 aromatic rings. The summed E-state index contributed by atoms with van der Waals surface area (Å²) in [6, 6.07) is 7.44. The minimum absolute atomic E-state index is 0.0280. The number of likely N-dealkylation sites (N-methyl/N-ethyl adjacent to an activating group) is 1. The maximum Gasteiger partial charge on any atom is 0.251 e. The van der Waals surface area contributed by atoms with Gasteiger partial charge in [0, 0.05) is 50.0 Å². The largest absolute Gasteiger partial charge is 0.399 e. The van der Waals surface area contributed by atoms with Gasteiger partial charge in [0.1, 0.15) is 0 Å². The van der Waals surface area contributed by atoms with E-state index in [0.29, 0.717) is 29.8 Å². The fourth-order valence-electron chi connectivity index (χ4n) is 2.87. The number of anilines is 1. The Morgan fingerprint density at radius 2 is 1.77 bits per heavy atom. The SMILES string of the molecule is CC(C)C(CNC(=O)c1ccc(N)cc1)N1CCN(C)CC1. The van der Waals surface area contributed by atoms with Crippen LogP contribution in [0.15, 0.2) is 24.3 Å². The maximum absolute atomic E-state index is 12.2. The average Bonchev–Trinajstić information content (AvgIpc) is 2.49. The summed E-state index contributed by atoms with van der Waals surface area (Å²) in [5, 5.41) is 3.07. The number of amides is 1. The molecule has 0 spiro atoms. The molecule has 0 bridgehead atoms. The number of nitrogens with two attached hydrogens (primary N) is 1. The Balaban J connectivity index is 1.91. The third-order valence-corrected chi connectivity index (χ3v) is 4.42. The number of rotatable bonds is 5. The Hall–Kier alpha value is -1.59. The molecule has 122 valence electrons. The van der Waals surface area contributed by atoms with Crippen LogP contribution in [0.4, 0.5) is 5.69 Å². The van der Waals surface area contributed by atoms with E-state index < -0.39 is 0 Å². The first-order valence-corrected chi connectivity index (χ1v) is 8.03. The van der Waals surface area contributed by atoms with Crippen molar-refractivity contribution in [3.8, 4) is 0 Å². The quantitative estimate of drug-likeness (QED) is 0.804. The van der Waals surface area contributed by atoms with Gasteiger partial charge in [0.15, 0.2) is 0 Å². The number of carbonyl (C=O) groups excluding carboxylic acids is 1. The molecule has 22 heavy (non-hydrogen) atoms. The minimum atomic E-state index is -0.0280. The molecule has 1 amide bonds. The number of nitrogens with one attached hydrogen (secondary N) is 1. The van der Waals surface area contributed by atoms with Gasteiger partial charge in [0.25, 0.3) is 5.91 Å². The third-order valence-electron chi connectivity index (χ3n) is 4.42. The lowest BCUT2D eigenvalue weighted by atomic mass is 10.0. The van der Waals surface area contributed by atoms with Gasteiger partial charge in [-0.1, -0.05) is 13.8 Å². The molecule has 0 aliphatic carbocycles. The van der Waals surface area contributed by atoms with Crippen LogP contribution in [-0.2, 0) is 0 Å². The Bertz CT molecular complexity index is 478. The second kappa shape index (κ2) is 7.61. The number of nitrogens with zero attached hydrogens (tertiary/aromatic N) is 2. The van der Waals surface area contributed by atoms with Crippen LogP contribution in [0.2, 0.25) is 0 Å². The molecule has 1 saturated heterocycles. The zero-order valence-electron chi connectivity index (χ0n) is 13.9. The molecule has 5 heteroatoms. The zero-order chi connectivity index (χ0) is 16.1. The molecule has 1 unspecified atom stereocenters. The molecular weight excluding hydrogens is 276 g/mol. The van der Waals surface area contributed by atoms with E-state index in [1.165, 1.54) is 0 Å². The highest BCUT2D eigenvalue weighted by molar-refractivity contribution is 5.94. The summed E-state index contributed by atoms with van der Waals surface area (Å²) in [6.45, 7) is 9.44. The standard InChI is InChI=1S/C17H28N4O/c1-13(2)16(21-10-8-20(3)9-11-21)12-19-17(22)14-4-6-15(18)7-5-14/h4-7,13,16H,8-12,18H2,1-3H3,(H,19,22). The van der Waals surface area contributed by atoms with E-state index in [1.807, 2.05) is 0 Å². The minimum Gasteiger partial charge on any atom is -0.399 e. The second-order valence-electron chi connectivity index (χ2n) is 6.48. The van der Waals surface area contributed by atoms with Gasteiger partial charge < -0.3 is 16.0 Å². The van der Waals surface area contributed by atoms with Crippen LogP contribution in [0.25, 0.3) is 0 Å². The molecule has 1 aliphatic rings. The van der Waals surface area contributed by atoms with E-state index in [1.54, 1.807) is 24.3 Å². The van der Waals surface area contributed by atoms with Crippen molar-refractivity contribution in [3.05, 3.63) is 29.8 Å². The van der Waals surface area contributed by atoms with Crippen LogP contribution in [0, 0.1) is 5.92 Å². The van der Waals surface area contributed by atoms with Crippen LogP contribution < -0.4 is 11.1 Å². The molecule has 1 aromatic carbocycles. The van der Waals surface area contributed by atoms with Gasteiger partial charge in [-0.05, 0) is 37.2 Å². The number of benzene rings is 1. The summed E-state index contributed by atoms with van der Waals surface area (Å²) in [5.41, 5.74) is 6.99. The number of nitrogen functional groups attached to an aromatic ring is 1. The molecular formula is C17H28N4O. The molecule has 1 atom stereocenters. The van der Waals surface area contributed by atoms with Crippen LogP contribution >= 0.6 is 0 Å². The van der Waals surface area contributed by atoms with Gasteiger partial charge in [-0.25, -0.2) is 0 Å². The van der Waals surface area contributed by atoms with E-state index in [0.717, 1.165) is 26.2 Å². The maximum atomic E-state index is 12.2. The van der Waals surface area contributed by atoms with Crippen molar-refractivity contribution in [2.45, 2.75) is 19.9 Å². The lowest BCUT2D eigenvalue weighted by molar-refractivity contribution is 0.0791. The summed E-state index contributed by atoms with van der Waals surface area (Å²) in [5.74, 6) is 0.481. The smallest absolute Gasteiger partial charge is 0.251 e. The highest BCUT2D eigenvalue weighted by atomic mass is 16.1. The summed E-state index contributed by atoms with van der Waals surface area (Å²) in [7, 11) is 2.16. The van der Waals surface area contributed by atoms with E-state index in [-0.39, 0.29) is 5.91 Å². The Labute approximate surface area is 133 Å². The van der Waals surface area contributed by atoms with Gasteiger partial charge in [0.2, 0.25) is 0 Å². The predicted octanol–water partition coefficient (Wildman–Crippen LogP) is 1.27. The molecule has 1 aliphatic heterocycles. The monoisotopic (exact) mass is 304 g/mol. The van der Waals surface area contributed by atoms with Gasteiger partial charge in [-0.15, -0.1) is 0 Å². The van der Waals surface area contributed by atoms with E-state index in [2.05, 4.69) is 36.0 Å². The first-order chi connectivity index (χ1) is 10.5. The second-order valence-corrected chi connectivity index (χ2v) is 6.48. The number of hydrogen-bond acceptors (Lipinski definition) is 4. The Morgan fingerprint density at radius 3 is 2.32 bits per heavy atom. The first-order valence-electron chi connectivity index (χ1n) is 8.03. The normalized spacial score (nSPS) is 18.4. The van der Waals surface area contributed by atoms with Crippen molar-refractivity contribution < 1.29 is 4.79 Å². The van der Waals surface area contributed by atoms with E-state index in [4.69, 9.17) is 5.73 Å². The van der Waals surface area contributed by atoms with Gasteiger partial charge >= 0.3 is 0 Å². The van der Waals surface area contributed by atoms with Crippen LogP contribution in [0.5, 0.6) is 0 Å². The average molecular weight is 304 g/mol. The fraction of sp³-hybridized carbons (Fsp3) is 0.588. The topological polar surface area (TPSA) is 61.6 Å². The summed E-state index contributed by atoms with van der Waals surface area (Å²) < 4.78 is 0. The molecule has 1 fully saturated rings. The lowest BCUT2D eigenvalue weighted by Gasteiger charge is -2.39. The van der Waals surface area contributed by atoms with Crippen LogP contribution in [0.3, 0.4) is 0 Å². The Kier molecular flexibility index (Phi) is 5.80. The van der Waals surface area contributed by atoms with Crippen molar-refractivity contribution in [2.75, 3.05) is 45.5 Å². The third kappa shape index (κ3) is 4.45. The van der Waals surface area contributed by atoms with E-state index in [9.17, 15) is 4.79 Å². The lowest BCUT2D eigenvalue weighted by Crippen LogP contribution is -2.54. The Morgan fingerprint density at radius 1 is 1.18 bits per heavy atom. The number of carbonyl (C=O) groups is 1. The van der Waals surface area contributed by atoms with E-state index >= 15 is 0 Å². The number of hydrogen-bond donors (Lipinski definition) is 2. The first kappa shape index (κ1) is 16.8. The summed E-state index contributed by atoms with van der Waals surface area (Å²) in [4.78, 5) is 17.1. The predicted molar refractivity (Wildman–Crippen MR) is 90.9 cm³/mol. The zero-order valence-corrected chi connectivity index (χ0v) is 13.9. The molecule has 0 saturated carbocycles. The highest BCUT2D eigenvalue weighted by Crippen LogP contribution is 2.13. The summed E-state index contributed by atoms with van der Waals surface area (Å²) in [6.07, 6.45) is 0. The summed E-state index contributed by atoms with van der Waals surface area (Å²) >= 11 is 0. The fourth-order valence-corrected chi connectivity index (χ4v) is 2.87. The van der Waals surface area contributed by atoms with Crippen molar-refractivity contribution in [1.82, 2.24) is 15.1 Å².